The van der Waals surface area contributed by atoms with Crippen LogP contribution in [0.15, 0.2) is 18.2 Å². The Morgan fingerprint density at radius 3 is 2.56 bits per heavy atom. The molecular formula is C14H23FN2O. The van der Waals surface area contributed by atoms with Crippen LogP contribution in [0.3, 0.4) is 0 Å². The van der Waals surface area contributed by atoms with E-state index in [4.69, 9.17) is 5.11 Å². The Labute approximate surface area is 109 Å². The van der Waals surface area contributed by atoms with Crippen LogP contribution in [0, 0.1) is 5.82 Å². The fourth-order valence-electron chi connectivity index (χ4n) is 1.70. The van der Waals surface area contributed by atoms with Gasteiger partial charge in [0.05, 0.1) is 6.61 Å². The minimum Gasteiger partial charge on any atom is -0.395 e. The van der Waals surface area contributed by atoms with Gasteiger partial charge in [0.2, 0.25) is 0 Å². The molecule has 0 atom stereocenters. The van der Waals surface area contributed by atoms with E-state index in [1.165, 1.54) is 6.07 Å². The predicted octanol–water partition coefficient (Wildman–Crippen LogP) is 2.14. The number of rotatable bonds is 5. The smallest absolute Gasteiger partial charge is 0.129 e. The van der Waals surface area contributed by atoms with E-state index in [0.29, 0.717) is 18.7 Å². The molecule has 1 aromatic rings. The lowest BCUT2D eigenvalue weighted by molar-refractivity contribution is 0.304. The van der Waals surface area contributed by atoms with Crippen molar-refractivity contribution in [3.8, 4) is 0 Å². The maximum Gasteiger partial charge on any atom is 0.129 e. The zero-order valence-electron chi connectivity index (χ0n) is 11.6. The van der Waals surface area contributed by atoms with E-state index in [1.54, 1.807) is 6.07 Å². The Bertz CT molecular complexity index is 388. The maximum absolute atomic E-state index is 13.9. The van der Waals surface area contributed by atoms with Crippen LogP contribution >= 0.6 is 0 Å². The summed E-state index contributed by atoms with van der Waals surface area (Å²) >= 11 is 0. The molecule has 1 aromatic carbocycles. The molecule has 0 amide bonds. The zero-order chi connectivity index (χ0) is 13.8. The molecule has 3 nitrogen and oxygen atoms in total. The van der Waals surface area contributed by atoms with Crippen molar-refractivity contribution in [2.24, 2.45) is 0 Å². The number of hydrogen-bond acceptors (Lipinski definition) is 3. The van der Waals surface area contributed by atoms with Crippen molar-refractivity contribution < 1.29 is 9.50 Å². The highest BCUT2D eigenvalue weighted by Crippen LogP contribution is 2.22. The maximum atomic E-state index is 13.9. The average molecular weight is 254 g/mol. The molecule has 0 saturated heterocycles. The van der Waals surface area contributed by atoms with Crippen molar-refractivity contribution >= 4 is 5.69 Å². The first-order valence-corrected chi connectivity index (χ1v) is 6.19. The predicted molar refractivity (Wildman–Crippen MR) is 73.3 cm³/mol. The molecule has 0 aliphatic rings. The van der Waals surface area contributed by atoms with Gasteiger partial charge in [-0.2, -0.15) is 0 Å². The Balaban J connectivity index is 2.93. The number of anilines is 1. The molecule has 0 saturated carbocycles. The van der Waals surface area contributed by atoms with E-state index in [1.807, 2.05) is 38.8 Å². The first-order valence-electron chi connectivity index (χ1n) is 6.19. The number of likely N-dealkylation sites (N-methyl/N-ethyl adjacent to an activating group) is 1. The van der Waals surface area contributed by atoms with Crippen LogP contribution in [0.4, 0.5) is 10.1 Å². The molecule has 18 heavy (non-hydrogen) atoms. The molecule has 1 rings (SSSR count). The summed E-state index contributed by atoms with van der Waals surface area (Å²) in [5, 5.41) is 12.3. The Hall–Kier alpha value is -1.13. The number of aliphatic hydroxyl groups is 1. The molecule has 0 spiro atoms. The summed E-state index contributed by atoms with van der Waals surface area (Å²) in [4.78, 5) is 1.86. The second kappa shape index (κ2) is 6.16. The Morgan fingerprint density at radius 2 is 2.00 bits per heavy atom. The Kier molecular flexibility index (Phi) is 5.11. The molecule has 2 N–H and O–H groups in total. The van der Waals surface area contributed by atoms with Crippen LogP contribution in [0.5, 0.6) is 0 Å². The normalized spacial score (nSPS) is 11.7. The summed E-state index contributed by atoms with van der Waals surface area (Å²) in [6.45, 7) is 7.16. The molecule has 0 radical (unpaired) electrons. The summed E-state index contributed by atoms with van der Waals surface area (Å²) in [5.41, 5.74) is 1.40. The molecule has 102 valence electrons. The van der Waals surface area contributed by atoms with Crippen LogP contribution in [0.2, 0.25) is 0 Å². The van der Waals surface area contributed by atoms with Gasteiger partial charge in [0.15, 0.2) is 0 Å². The van der Waals surface area contributed by atoms with Crippen LogP contribution in [0.1, 0.15) is 26.3 Å². The number of benzene rings is 1. The minimum atomic E-state index is -0.214. The largest absolute Gasteiger partial charge is 0.395 e. The SMILES string of the molecule is CN(CCO)c1cccc(F)c1CNC(C)(C)C. The van der Waals surface area contributed by atoms with Crippen molar-refractivity contribution in [1.29, 1.82) is 0 Å². The quantitative estimate of drug-likeness (QED) is 0.845. The van der Waals surface area contributed by atoms with Crippen LogP contribution in [-0.4, -0.2) is 30.8 Å². The summed E-state index contributed by atoms with van der Waals surface area (Å²) in [7, 11) is 1.85. The number of halogens is 1. The number of hydrogen-bond donors (Lipinski definition) is 2. The topological polar surface area (TPSA) is 35.5 Å². The third kappa shape index (κ3) is 4.27. The van der Waals surface area contributed by atoms with Crippen LogP contribution in [0.25, 0.3) is 0 Å². The van der Waals surface area contributed by atoms with Gasteiger partial charge in [-0.15, -0.1) is 0 Å². The van der Waals surface area contributed by atoms with Crippen LogP contribution < -0.4 is 10.2 Å². The summed E-state index contributed by atoms with van der Waals surface area (Å²) in [5.74, 6) is -0.214. The lowest BCUT2D eigenvalue weighted by Gasteiger charge is -2.25. The summed E-state index contributed by atoms with van der Waals surface area (Å²) < 4.78 is 13.9. The van der Waals surface area contributed by atoms with Crippen molar-refractivity contribution in [3.05, 3.63) is 29.6 Å². The van der Waals surface area contributed by atoms with E-state index in [2.05, 4.69) is 5.32 Å². The van der Waals surface area contributed by atoms with Crippen molar-refractivity contribution in [2.45, 2.75) is 32.9 Å². The van der Waals surface area contributed by atoms with Crippen molar-refractivity contribution in [2.75, 3.05) is 25.1 Å². The molecule has 0 fully saturated rings. The van der Waals surface area contributed by atoms with Gasteiger partial charge >= 0.3 is 0 Å². The minimum absolute atomic E-state index is 0.0547. The highest BCUT2D eigenvalue weighted by molar-refractivity contribution is 5.53. The first kappa shape index (κ1) is 14.9. The van der Waals surface area contributed by atoms with Crippen molar-refractivity contribution in [3.63, 3.8) is 0 Å². The van der Waals surface area contributed by atoms with Gasteiger partial charge in [0.1, 0.15) is 5.82 Å². The van der Waals surface area contributed by atoms with E-state index in [9.17, 15) is 4.39 Å². The van der Waals surface area contributed by atoms with Crippen molar-refractivity contribution in [1.82, 2.24) is 5.32 Å². The van der Waals surface area contributed by atoms with E-state index in [0.717, 1.165) is 5.69 Å². The lowest BCUT2D eigenvalue weighted by atomic mass is 10.1. The van der Waals surface area contributed by atoms with Gasteiger partial charge in [-0.1, -0.05) is 6.07 Å². The molecule has 0 bridgehead atoms. The average Bonchev–Trinajstić information content (AvgIpc) is 2.26. The number of nitrogens with zero attached hydrogens (tertiary/aromatic N) is 1. The van der Waals surface area contributed by atoms with Gasteiger partial charge in [-0.3, -0.25) is 0 Å². The third-order valence-electron chi connectivity index (χ3n) is 2.74. The second-order valence-electron chi connectivity index (χ2n) is 5.49. The highest BCUT2D eigenvalue weighted by Gasteiger charge is 2.15. The summed E-state index contributed by atoms with van der Waals surface area (Å²) in [6.07, 6.45) is 0. The van der Waals surface area contributed by atoms with Gasteiger partial charge in [-0.05, 0) is 32.9 Å². The Morgan fingerprint density at radius 1 is 1.33 bits per heavy atom. The molecule has 0 aliphatic carbocycles. The monoisotopic (exact) mass is 254 g/mol. The third-order valence-corrected chi connectivity index (χ3v) is 2.74. The standard InChI is InChI=1S/C14H23FN2O/c1-14(2,3)16-10-11-12(15)6-5-7-13(11)17(4)8-9-18/h5-7,16,18H,8-10H2,1-4H3. The van der Waals surface area contributed by atoms with E-state index in [-0.39, 0.29) is 18.0 Å². The number of nitrogens with one attached hydrogen (secondary N) is 1. The molecule has 0 heterocycles. The highest BCUT2D eigenvalue weighted by atomic mass is 19.1. The molecule has 0 aromatic heterocycles. The first-order chi connectivity index (χ1) is 8.35. The van der Waals surface area contributed by atoms with Gasteiger partial charge in [-0.25, -0.2) is 4.39 Å². The van der Waals surface area contributed by atoms with Gasteiger partial charge in [0, 0.05) is 36.9 Å². The fourth-order valence-corrected chi connectivity index (χ4v) is 1.70. The summed E-state index contributed by atoms with van der Waals surface area (Å²) in [6, 6.07) is 5.04. The lowest BCUT2D eigenvalue weighted by Crippen LogP contribution is -2.36. The molecule has 0 unspecified atom stereocenters. The molecule has 4 heteroatoms. The molecular weight excluding hydrogens is 231 g/mol. The fraction of sp³-hybridized carbons (Fsp3) is 0.571. The van der Waals surface area contributed by atoms with E-state index < -0.39 is 0 Å². The van der Waals surface area contributed by atoms with Gasteiger partial charge < -0.3 is 15.3 Å². The van der Waals surface area contributed by atoms with Gasteiger partial charge in [0.25, 0.3) is 0 Å². The number of aliphatic hydroxyl groups excluding tert-OH is 1. The molecule has 0 aliphatic heterocycles. The van der Waals surface area contributed by atoms with E-state index >= 15 is 0 Å². The van der Waals surface area contributed by atoms with Crippen LogP contribution in [-0.2, 0) is 6.54 Å². The second-order valence-corrected chi connectivity index (χ2v) is 5.49. The zero-order valence-corrected chi connectivity index (χ0v) is 11.6.